The van der Waals surface area contributed by atoms with Crippen molar-refractivity contribution in [3.8, 4) is 34.5 Å². The first kappa shape index (κ1) is 39.1. The van der Waals surface area contributed by atoms with Gasteiger partial charge in [0.1, 0.15) is 0 Å². The number of ether oxygens (including phenoxy) is 6. The number of aliphatic hydroxyl groups excluding tert-OH is 1. The lowest BCUT2D eigenvalue weighted by Gasteiger charge is -2.23. The normalized spacial score (nSPS) is 11.9. The number of hydrogen-bond donors (Lipinski definition) is 2. The monoisotopic (exact) mass is 793 g/mol. The van der Waals surface area contributed by atoms with E-state index in [4.69, 9.17) is 28.4 Å². The van der Waals surface area contributed by atoms with Gasteiger partial charge in [-0.15, -0.1) is 0 Å². The predicted octanol–water partition coefficient (Wildman–Crippen LogP) is 7.52. The minimum atomic E-state index is -0.919. The molecule has 0 saturated heterocycles. The maximum Gasteiger partial charge on any atom is 0.315 e. The van der Waals surface area contributed by atoms with Crippen LogP contribution < -0.4 is 33.7 Å². The zero-order valence-corrected chi connectivity index (χ0v) is 31.7. The third-order valence-corrected chi connectivity index (χ3v) is 8.20. The molecular formula is C36H45Br2NO9. The lowest BCUT2D eigenvalue weighted by atomic mass is 10.1. The molecule has 12 heteroatoms. The number of benzene rings is 3. The van der Waals surface area contributed by atoms with Crippen LogP contribution in [-0.2, 0) is 22.4 Å². The Labute approximate surface area is 299 Å². The molecule has 0 bridgehead atoms. The van der Waals surface area contributed by atoms with E-state index in [1.165, 1.54) is 12.1 Å². The average molecular weight is 796 g/mol. The van der Waals surface area contributed by atoms with Crippen LogP contribution in [0.25, 0.3) is 0 Å². The number of esters is 2. The van der Waals surface area contributed by atoms with Crippen molar-refractivity contribution in [2.45, 2.75) is 73.0 Å². The molecule has 0 aliphatic carbocycles. The van der Waals surface area contributed by atoms with Crippen molar-refractivity contribution in [3.05, 3.63) is 68.1 Å². The van der Waals surface area contributed by atoms with Crippen LogP contribution in [0.15, 0.2) is 51.4 Å². The van der Waals surface area contributed by atoms with E-state index >= 15 is 0 Å². The Bertz CT molecular complexity index is 1560. The minimum Gasteiger partial charge on any atom is -0.490 e. The molecule has 0 saturated carbocycles. The highest BCUT2D eigenvalue weighted by molar-refractivity contribution is 9.10. The van der Waals surface area contributed by atoms with Crippen molar-refractivity contribution >= 4 is 43.8 Å². The molecule has 0 aliphatic heterocycles. The fraction of sp³-hybridized carbons (Fsp3) is 0.444. The first-order valence-electron chi connectivity index (χ1n) is 15.9. The van der Waals surface area contributed by atoms with Crippen molar-refractivity contribution < 1.29 is 43.1 Å². The molecule has 0 spiro atoms. The maximum absolute atomic E-state index is 13.3. The van der Waals surface area contributed by atoms with Crippen molar-refractivity contribution in [3.63, 3.8) is 0 Å². The molecule has 3 aromatic rings. The molecule has 0 aliphatic rings. The Hall–Kier alpha value is -3.32. The van der Waals surface area contributed by atoms with Gasteiger partial charge in [-0.05, 0) is 102 Å². The molecular weight excluding hydrogens is 750 g/mol. The molecule has 0 amide bonds. The van der Waals surface area contributed by atoms with E-state index in [-0.39, 0.29) is 36.4 Å². The summed E-state index contributed by atoms with van der Waals surface area (Å²) in [7, 11) is 0. The molecule has 1 atom stereocenters. The van der Waals surface area contributed by atoms with Crippen LogP contribution in [0.2, 0.25) is 0 Å². The van der Waals surface area contributed by atoms with E-state index in [1.54, 1.807) is 30.3 Å². The molecule has 3 aromatic carbocycles. The van der Waals surface area contributed by atoms with E-state index in [2.05, 4.69) is 37.2 Å². The predicted molar refractivity (Wildman–Crippen MR) is 191 cm³/mol. The van der Waals surface area contributed by atoms with Gasteiger partial charge in [0.05, 0.1) is 45.4 Å². The third-order valence-electron chi connectivity index (χ3n) is 6.72. The molecule has 0 aromatic heterocycles. The van der Waals surface area contributed by atoms with E-state index in [0.717, 1.165) is 0 Å². The van der Waals surface area contributed by atoms with Gasteiger partial charge in [-0.25, -0.2) is 0 Å². The van der Waals surface area contributed by atoms with E-state index in [1.807, 2.05) is 48.5 Å². The Morgan fingerprint density at radius 2 is 1.08 bits per heavy atom. The number of β-amino-alcohol motifs (C(OH)–C–C–N with tert-alkyl or cyclic N) is 1. The van der Waals surface area contributed by atoms with Gasteiger partial charge < -0.3 is 38.8 Å². The Kier molecular flexibility index (Phi) is 15.0. The van der Waals surface area contributed by atoms with Gasteiger partial charge in [-0.3, -0.25) is 9.59 Å². The van der Waals surface area contributed by atoms with Crippen molar-refractivity contribution in [2.24, 2.45) is 0 Å². The first-order chi connectivity index (χ1) is 22.8. The number of rotatable bonds is 17. The number of hydrogen-bond acceptors (Lipinski definition) is 10. The minimum absolute atomic E-state index is 0.00601. The summed E-state index contributed by atoms with van der Waals surface area (Å²) in [4.78, 5) is 26.6. The van der Waals surface area contributed by atoms with Crippen molar-refractivity contribution in [1.82, 2.24) is 5.32 Å². The Morgan fingerprint density at radius 3 is 1.50 bits per heavy atom. The summed E-state index contributed by atoms with van der Waals surface area (Å²) in [5, 5.41) is 14.2. The second kappa shape index (κ2) is 18.4. The molecule has 2 N–H and O–H groups in total. The number of carbonyl (C=O) groups excluding carboxylic acids is 2. The quantitative estimate of drug-likeness (QED) is 0.105. The summed E-state index contributed by atoms with van der Waals surface area (Å²) in [6.45, 7) is 15.4. The number of nitrogens with one attached hydrogen (secondary N) is 1. The molecule has 48 heavy (non-hydrogen) atoms. The Balaban J connectivity index is 1.90. The summed E-state index contributed by atoms with van der Waals surface area (Å²) in [6.07, 6.45) is -1.16. The second-order valence-corrected chi connectivity index (χ2v) is 13.4. The third kappa shape index (κ3) is 11.7. The molecule has 0 radical (unpaired) electrons. The molecule has 10 nitrogen and oxygen atoms in total. The van der Waals surface area contributed by atoms with Gasteiger partial charge >= 0.3 is 11.9 Å². The van der Waals surface area contributed by atoms with E-state index in [0.29, 0.717) is 75.1 Å². The van der Waals surface area contributed by atoms with Crippen molar-refractivity contribution in [1.29, 1.82) is 0 Å². The van der Waals surface area contributed by atoms with Gasteiger partial charge in [-0.1, -0.05) is 37.9 Å². The summed E-state index contributed by atoms with van der Waals surface area (Å²) in [5.74, 6) is 0.928. The highest BCUT2D eigenvalue weighted by atomic mass is 79.9. The van der Waals surface area contributed by atoms with Gasteiger partial charge in [0.2, 0.25) is 0 Å². The first-order valence-corrected chi connectivity index (χ1v) is 17.5. The molecule has 1 unspecified atom stereocenters. The summed E-state index contributed by atoms with van der Waals surface area (Å²) < 4.78 is 35.6. The van der Waals surface area contributed by atoms with Crippen molar-refractivity contribution in [2.75, 3.05) is 33.0 Å². The van der Waals surface area contributed by atoms with Gasteiger partial charge in [0.15, 0.2) is 34.5 Å². The number of aliphatic hydroxyl groups is 1. The zero-order chi connectivity index (χ0) is 35.4. The van der Waals surface area contributed by atoms with Crippen LogP contribution in [0.5, 0.6) is 34.5 Å². The highest BCUT2D eigenvalue weighted by Crippen LogP contribution is 2.37. The number of carbonyl (C=O) groups is 2. The fourth-order valence-electron chi connectivity index (χ4n) is 4.54. The molecule has 0 fully saturated rings. The van der Waals surface area contributed by atoms with Crippen LogP contribution in [0.1, 0.15) is 71.3 Å². The standard InChI is InChI=1S/C36H45Br2NO9/c1-8-43-29-15-23(25(37)19-31(29)45-10-3)17-34(41)47-28-13-12-22(27(40)21-39-36(5,6)7)14-33(28)48-35(42)18-24-16-30(44-9-2)32(46-11-4)20-26(24)38/h12-16,19-20,27,39-40H,8-11,17-18,21H2,1-7H3. The summed E-state index contributed by atoms with van der Waals surface area (Å²) >= 11 is 7.03. The van der Waals surface area contributed by atoms with Gasteiger partial charge in [-0.2, -0.15) is 0 Å². The van der Waals surface area contributed by atoms with E-state index < -0.39 is 18.0 Å². The summed E-state index contributed by atoms with van der Waals surface area (Å²) in [6, 6.07) is 11.6. The Morgan fingerprint density at radius 1 is 0.667 bits per heavy atom. The van der Waals surface area contributed by atoms with Crippen LogP contribution in [-0.4, -0.2) is 55.6 Å². The second-order valence-electron chi connectivity index (χ2n) is 11.7. The van der Waals surface area contributed by atoms with Crippen LogP contribution >= 0.6 is 31.9 Å². The smallest absolute Gasteiger partial charge is 0.315 e. The van der Waals surface area contributed by atoms with Gasteiger partial charge in [0.25, 0.3) is 0 Å². The fourth-order valence-corrected chi connectivity index (χ4v) is 5.47. The van der Waals surface area contributed by atoms with E-state index in [9.17, 15) is 14.7 Å². The SMILES string of the molecule is CCOc1cc(Br)c(CC(=O)Oc2ccc(C(O)CNC(C)(C)C)cc2OC(=O)Cc2cc(OCC)c(OCC)cc2Br)cc1OCC. The lowest BCUT2D eigenvalue weighted by molar-refractivity contribution is -0.136. The molecule has 262 valence electrons. The van der Waals surface area contributed by atoms with Crippen LogP contribution in [0, 0.1) is 0 Å². The highest BCUT2D eigenvalue weighted by Gasteiger charge is 2.22. The topological polar surface area (TPSA) is 122 Å². The van der Waals surface area contributed by atoms with Crippen LogP contribution in [0.3, 0.4) is 0 Å². The maximum atomic E-state index is 13.3. The van der Waals surface area contributed by atoms with Gasteiger partial charge in [0, 0.05) is 21.0 Å². The average Bonchev–Trinajstić information content (AvgIpc) is 3.01. The summed E-state index contributed by atoms with van der Waals surface area (Å²) in [5.41, 5.74) is 1.48. The van der Waals surface area contributed by atoms with Crippen LogP contribution in [0.4, 0.5) is 0 Å². The molecule has 3 rings (SSSR count). The zero-order valence-electron chi connectivity index (χ0n) is 28.5. The largest absolute Gasteiger partial charge is 0.490 e. The molecule has 0 heterocycles. The number of halogens is 2. The lowest BCUT2D eigenvalue weighted by Crippen LogP contribution is -2.38.